The molecule has 0 radical (unpaired) electrons. The Hall–Kier alpha value is -2.23. The SMILES string of the molecule is C=C1C(=O)CC(c2ccccc2)C(C(=O)OCC)C1=O. The monoisotopic (exact) mass is 272 g/mol. The number of hydrogen-bond acceptors (Lipinski definition) is 4. The topological polar surface area (TPSA) is 60.4 Å². The second-order valence-electron chi connectivity index (χ2n) is 4.72. The van der Waals surface area contributed by atoms with Gasteiger partial charge in [-0.05, 0) is 12.5 Å². The largest absolute Gasteiger partial charge is 0.465 e. The summed E-state index contributed by atoms with van der Waals surface area (Å²) in [7, 11) is 0. The third kappa shape index (κ3) is 2.54. The van der Waals surface area contributed by atoms with Crippen molar-refractivity contribution in [1.29, 1.82) is 0 Å². The second-order valence-corrected chi connectivity index (χ2v) is 4.72. The molecular formula is C16H16O4. The smallest absolute Gasteiger partial charge is 0.317 e. The summed E-state index contributed by atoms with van der Waals surface area (Å²) in [6.45, 7) is 5.37. The summed E-state index contributed by atoms with van der Waals surface area (Å²) < 4.78 is 4.97. The van der Waals surface area contributed by atoms with Crippen LogP contribution >= 0.6 is 0 Å². The summed E-state index contributed by atoms with van der Waals surface area (Å²) in [6.07, 6.45) is 0.109. The van der Waals surface area contributed by atoms with Gasteiger partial charge < -0.3 is 4.74 Å². The Labute approximate surface area is 117 Å². The molecular weight excluding hydrogens is 256 g/mol. The summed E-state index contributed by atoms with van der Waals surface area (Å²) in [6, 6.07) is 9.09. The maximum atomic E-state index is 12.2. The third-order valence-electron chi connectivity index (χ3n) is 3.49. The normalized spacial score (nSPS) is 22.8. The molecule has 1 aliphatic rings. The molecule has 0 bridgehead atoms. The highest BCUT2D eigenvalue weighted by molar-refractivity contribution is 6.26. The highest BCUT2D eigenvalue weighted by Crippen LogP contribution is 2.36. The fraction of sp³-hybridized carbons (Fsp3) is 0.312. The maximum Gasteiger partial charge on any atom is 0.317 e. The van der Waals surface area contributed by atoms with Crippen molar-refractivity contribution in [2.45, 2.75) is 19.3 Å². The van der Waals surface area contributed by atoms with Crippen molar-refractivity contribution in [2.24, 2.45) is 5.92 Å². The van der Waals surface area contributed by atoms with Crippen LogP contribution in [0.1, 0.15) is 24.8 Å². The third-order valence-corrected chi connectivity index (χ3v) is 3.49. The Balaban J connectivity index is 2.40. The zero-order chi connectivity index (χ0) is 14.7. The molecule has 0 aliphatic heterocycles. The number of carbonyl (C=O) groups excluding carboxylic acids is 3. The van der Waals surface area contributed by atoms with Gasteiger partial charge in [0.25, 0.3) is 0 Å². The molecule has 1 fully saturated rings. The van der Waals surface area contributed by atoms with E-state index in [0.29, 0.717) is 0 Å². The standard InChI is InChI=1S/C16H16O4/c1-3-20-16(19)14-12(11-7-5-4-6-8-11)9-13(17)10(2)15(14)18/h4-8,12,14H,2-3,9H2,1H3. The minimum absolute atomic E-state index is 0.102. The van der Waals surface area contributed by atoms with Crippen molar-refractivity contribution in [3.05, 3.63) is 48.0 Å². The van der Waals surface area contributed by atoms with E-state index in [1.54, 1.807) is 6.92 Å². The van der Waals surface area contributed by atoms with Gasteiger partial charge >= 0.3 is 5.97 Å². The number of Topliss-reactive ketones (excluding diaryl/α,β-unsaturated/α-hetero) is 2. The lowest BCUT2D eigenvalue weighted by Gasteiger charge is -2.29. The first kappa shape index (κ1) is 14.2. The first-order valence-corrected chi connectivity index (χ1v) is 6.54. The van der Waals surface area contributed by atoms with E-state index in [4.69, 9.17) is 4.74 Å². The van der Waals surface area contributed by atoms with Gasteiger partial charge in [0.15, 0.2) is 11.6 Å². The highest BCUT2D eigenvalue weighted by Gasteiger charge is 2.44. The van der Waals surface area contributed by atoms with Crippen LogP contribution in [0.3, 0.4) is 0 Å². The number of ether oxygens (including phenoxy) is 1. The average Bonchev–Trinajstić information content (AvgIpc) is 2.45. The van der Waals surface area contributed by atoms with Crippen LogP contribution < -0.4 is 0 Å². The molecule has 1 saturated carbocycles. The van der Waals surface area contributed by atoms with Gasteiger partial charge in [-0.1, -0.05) is 36.9 Å². The maximum absolute atomic E-state index is 12.2. The Morgan fingerprint density at radius 1 is 1.30 bits per heavy atom. The quantitative estimate of drug-likeness (QED) is 0.366. The van der Waals surface area contributed by atoms with Gasteiger partial charge in [0.05, 0.1) is 12.2 Å². The number of ketones is 2. The minimum atomic E-state index is -0.970. The van der Waals surface area contributed by atoms with E-state index in [1.807, 2.05) is 30.3 Å². The highest BCUT2D eigenvalue weighted by atomic mass is 16.5. The molecule has 2 atom stereocenters. The summed E-state index contributed by atoms with van der Waals surface area (Å²) in [5.41, 5.74) is 0.690. The molecule has 0 N–H and O–H groups in total. The van der Waals surface area contributed by atoms with Crippen LogP contribution in [0, 0.1) is 5.92 Å². The van der Waals surface area contributed by atoms with Crippen LogP contribution in [0.25, 0.3) is 0 Å². The average molecular weight is 272 g/mol. The lowest BCUT2D eigenvalue weighted by atomic mass is 9.72. The van der Waals surface area contributed by atoms with E-state index in [0.717, 1.165) is 5.56 Å². The van der Waals surface area contributed by atoms with Crippen molar-refractivity contribution in [3.8, 4) is 0 Å². The Morgan fingerprint density at radius 2 is 1.95 bits per heavy atom. The van der Waals surface area contributed by atoms with Crippen LogP contribution in [0.4, 0.5) is 0 Å². The predicted molar refractivity (Wildman–Crippen MR) is 73.1 cm³/mol. The molecule has 0 saturated heterocycles. The fourth-order valence-corrected chi connectivity index (χ4v) is 2.46. The number of rotatable bonds is 3. The summed E-state index contributed by atoms with van der Waals surface area (Å²) in [4.78, 5) is 36.1. The van der Waals surface area contributed by atoms with Crippen LogP contribution in [-0.2, 0) is 19.1 Å². The first-order chi connectivity index (χ1) is 9.56. The number of benzene rings is 1. The Morgan fingerprint density at radius 3 is 2.55 bits per heavy atom. The Bertz CT molecular complexity index is 559. The second kappa shape index (κ2) is 5.82. The zero-order valence-electron chi connectivity index (χ0n) is 11.3. The number of esters is 1. The molecule has 104 valence electrons. The van der Waals surface area contributed by atoms with Crippen LogP contribution in [-0.4, -0.2) is 24.1 Å². The van der Waals surface area contributed by atoms with Gasteiger partial charge in [-0.15, -0.1) is 0 Å². The van der Waals surface area contributed by atoms with Gasteiger partial charge in [0.2, 0.25) is 0 Å². The molecule has 2 unspecified atom stereocenters. The summed E-state index contributed by atoms with van der Waals surface area (Å²) in [5.74, 6) is -2.85. The van der Waals surface area contributed by atoms with Gasteiger partial charge in [-0.2, -0.15) is 0 Å². The fourth-order valence-electron chi connectivity index (χ4n) is 2.46. The lowest BCUT2D eigenvalue weighted by molar-refractivity contribution is -0.152. The van der Waals surface area contributed by atoms with E-state index in [9.17, 15) is 14.4 Å². The number of carbonyl (C=O) groups is 3. The zero-order valence-corrected chi connectivity index (χ0v) is 11.3. The molecule has 0 amide bonds. The van der Waals surface area contributed by atoms with Crippen molar-refractivity contribution >= 4 is 17.5 Å². The van der Waals surface area contributed by atoms with E-state index in [-0.39, 0.29) is 24.4 Å². The molecule has 1 aromatic rings. The van der Waals surface area contributed by atoms with Gasteiger partial charge in [0.1, 0.15) is 5.92 Å². The molecule has 1 aromatic carbocycles. The molecule has 0 heterocycles. The minimum Gasteiger partial charge on any atom is -0.465 e. The van der Waals surface area contributed by atoms with Crippen molar-refractivity contribution in [3.63, 3.8) is 0 Å². The van der Waals surface area contributed by atoms with E-state index in [2.05, 4.69) is 6.58 Å². The molecule has 20 heavy (non-hydrogen) atoms. The first-order valence-electron chi connectivity index (χ1n) is 6.54. The van der Waals surface area contributed by atoms with Gasteiger partial charge in [-0.25, -0.2) is 0 Å². The van der Waals surface area contributed by atoms with Crippen molar-refractivity contribution in [1.82, 2.24) is 0 Å². The molecule has 0 aromatic heterocycles. The molecule has 2 rings (SSSR count). The van der Waals surface area contributed by atoms with E-state index >= 15 is 0 Å². The van der Waals surface area contributed by atoms with Crippen molar-refractivity contribution in [2.75, 3.05) is 6.61 Å². The predicted octanol–water partition coefficient (Wildman–Crippen LogP) is 2.05. The molecule has 0 spiro atoms. The lowest BCUT2D eigenvalue weighted by Crippen LogP contribution is -2.39. The van der Waals surface area contributed by atoms with E-state index in [1.165, 1.54) is 0 Å². The van der Waals surface area contributed by atoms with Gasteiger partial charge in [0, 0.05) is 12.3 Å². The van der Waals surface area contributed by atoms with Crippen LogP contribution in [0.5, 0.6) is 0 Å². The molecule has 4 heteroatoms. The number of allylic oxidation sites excluding steroid dienone is 1. The molecule has 1 aliphatic carbocycles. The van der Waals surface area contributed by atoms with Crippen molar-refractivity contribution < 1.29 is 19.1 Å². The van der Waals surface area contributed by atoms with Crippen LogP contribution in [0.2, 0.25) is 0 Å². The van der Waals surface area contributed by atoms with E-state index < -0.39 is 23.6 Å². The summed E-state index contributed by atoms with van der Waals surface area (Å²) in [5, 5.41) is 0. The summed E-state index contributed by atoms with van der Waals surface area (Å²) >= 11 is 0. The van der Waals surface area contributed by atoms with Crippen LogP contribution in [0.15, 0.2) is 42.5 Å². The van der Waals surface area contributed by atoms with Gasteiger partial charge in [-0.3, -0.25) is 14.4 Å². The number of hydrogen-bond donors (Lipinski definition) is 0. The molecule has 4 nitrogen and oxygen atoms in total. The Kier molecular flexibility index (Phi) is 4.13.